The quantitative estimate of drug-likeness (QED) is 0.411. The number of fused-ring (bicyclic) bond motifs is 1. The molecule has 184 valence electrons. The number of anilines is 1. The zero-order chi connectivity index (χ0) is 25.1. The third kappa shape index (κ3) is 4.79. The number of amides is 1. The maximum atomic E-state index is 13.3. The molecule has 1 atom stereocenters. The lowest BCUT2D eigenvalue weighted by Crippen LogP contribution is -2.33. The number of nitrogens with one attached hydrogen (secondary N) is 1. The molecular formula is C28H29N5O3. The number of carbonyl (C=O) groups excluding carboxylic acids is 1. The van der Waals surface area contributed by atoms with Crippen molar-refractivity contribution >= 4 is 11.6 Å². The molecule has 8 nitrogen and oxygen atoms in total. The summed E-state index contributed by atoms with van der Waals surface area (Å²) in [5.41, 5.74) is 3.42. The number of carbonyl (C=O) groups is 1. The fourth-order valence-corrected chi connectivity index (χ4v) is 4.45. The van der Waals surface area contributed by atoms with Gasteiger partial charge in [-0.3, -0.25) is 9.59 Å². The Kier molecular flexibility index (Phi) is 6.66. The average molecular weight is 484 g/mol. The maximum absolute atomic E-state index is 13.3. The van der Waals surface area contributed by atoms with Gasteiger partial charge < -0.3 is 14.6 Å². The summed E-state index contributed by atoms with van der Waals surface area (Å²) in [5.74, 6) is 1.51. The molecule has 1 amide bonds. The van der Waals surface area contributed by atoms with E-state index in [-0.39, 0.29) is 11.5 Å². The Labute approximate surface area is 209 Å². The Hall–Kier alpha value is -4.20. The van der Waals surface area contributed by atoms with Gasteiger partial charge in [0.15, 0.2) is 0 Å². The van der Waals surface area contributed by atoms with Crippen LogP contribution in [0, 0.1) is 0 Å². The lowest BCUT2D eigenvalue weighted by atomic mass is 10.1. The fourth-order valence-electron chi connectivity index (χ4n) is 4.45. The Bertz CT molecular complexity index is 1410. The normalized spacial score (nSPS) is 13.6. The minimum absolute atomic E-state index is 0.329. The molecule has 0 saturated heterocycles. The molecule has 0 fully saturated rings. The first-order chi connectivity index (χ1) is 17.5. The van der Waals surface area contributed by atoms with Crippen molar-refractivity contribution in [2.75, 3.05) is 11.9 Å². The van der Waals surface area contributed by atoms with Crippen LogP contribution in [-0.4, -0.2) is 31.8 Å². The SMILES string of the molecule is CCOc1ccc(-c2ccc(=O)n(C(C)C(=O)Nc3ccccc3-c3cn4c(n3)CCCC4)n2)cc1. The first kappa shape index (κ1) is 23.5. The molecule has 1 aliphatic rings. The summed E-state index contributed by atoms with van der Waals surface area (Å²) in [6.07, 6.45) is 5.31. The van der Waals surface area contributed by atoms with Crippen LogP contribution in [0.3, 0.4) is 0 Å². The number of imidazole rings is 1. The molecule has 8 heteroatoms. The topological polar surface area (TPSA) is 91.0 Å². The molecule has 0 aliphatic carbocycles. The van der Waals surface area contributed by atoms with Crippen molar-refractivity contribution in [2.24, 2.45) is 0 Å². The number of aromatic nitrogens is 4. The molecule has 0 spiro atoms. The van der Waals surface area contributed by atoms with Crippen LogP contribution in [-0.2, 0) is 17.8 Å². The maximum Gasteiger partial charge on any atom is 0.267 e. The standard InChI is InChI=1S/C28H29N5O3/c1-3-36-21-13-11-20(12-14-21)23-15-16-27(34)33(31-23)19(2)28(35)30-24-9-5-4-8-22(24)25-18-32-17-7-6-10-26(32)29-25/h4-5,8-9,11-16,18-19H,3,6-7,10,17H2,1-2H3,(H,30,35). The number of benzene rings is 2. The predicted octanol–water partition coefficient (Wildman–Crippen LogP) is 4.71. The lowest BCUT2D eigenvalue weighted by Gasteiger charge is -2.16. The second kappa shape index (κ2) is 10.2. The molecule has 1 unspecified atom stereocenters. The molecule has 2 aromatic heterocycles. The summed E-state index contributed by atoms with van der Waals surface area (Å²) in [7, 11) is 0. The average Bonchev–Trinajstić information content (AvgIpc) is 3.34. The smallest absolute Gasteiger partial charge is 0.267 e. The van der Waals surface area contributed by atoms with E-state index >= 15 is 0 Å². The number of hydrogen-bond donors (Lipinski definition) is 1. The van der Waals surface area contributed by atoms with Crippen molar-refractivity contribution in [1.82, 2.24) is 19.3 Å². The summed E-state index contributed by atoms with van der Waals surface area (Å²) in [5, 5.41) is 7.48. The number of ether oxygens (including phenoxy) is 1. The van der Waals surface area contributed by atoms with E-state index in [2.05, 4.69) is 21.2 Å². The summed E-state index contributed by atoms with van der Waals surface area (Å²) in [6, 6.07) is 17.4. The molecule has 4 aromatic rings. The van der Waals surface area contributed by atoms with Gasteiger partial charge in [-0.1, -0.05) is 18.2 Å². The second-order valence-corrected chi connectivity index (χ2v) is 8.86. The molecule has 3 heterocycles. The van der Waals surface area contributed by atoms with Gasteiger partial charge in [0, 0.05) is 36.4 Å². The van der Waals surface area contributed by atoms with Crippen molar-refractivity contribution in [2.45, 2.75) is 45.7 Å². The van der Waals surface area contributed by atoms with Gasteiger partial charge in [-0.25, -0.2) is 9.67 Å². The van der Waals surface area contributed by atoms with E-state index < -0.39 is 6.04 Å². The van der Waals surface area contributed by atoms with Crippen LogP contribution in [0.2, 0.25) is 0 Å². The van der Waals surface area contributed by atoms with Crippen LogP contribution in [0.1, 0.15) is 38.6 Å². The van der Waals surface area contributed by atoms with E-state index in [1.165, 1.54) is 10.7 Å². The van der Waals surface area contributed by atoms with E-state index in [0.717, 1.165) is 54.2 Å². The van der Waals surface area contributed by atoms with Crippen LogP contribution in [0.25, 0.3) is 22.5 Å². The monoisotopic (exact) mass is 483 g/mol. The summed E-state index contributed by atoms with van der Waals surface area (Å²) in [4.78, 5) is 30.7. The van der Waals surface area contributed by atoms with Crippen molar-refractivity contribution in [1.29, 1.82) is 0 Å². The molecule has 1 N–H and O–H groups in total. The van der Waals surface area contributed by atoms with Crippen LogP contribution in [0.15, 0.2) is 71.7 Å². The second-order valence-electron chi connectivity index (χ2n) is 8.86. The fraction of sp³-hybridized carbons (Fsp3) is 0.286. The third-order valence-corrected chi connectivity index (χ3v) is 6.40. The van der Waals surface area contributed by atoms with Gasteiger partial charge in [0.05, 0.1) is 23.7 Å². The molecule has 0 radical (unpaired) electrons. The first-order valence-electron chi connectivity index (χ1n) is 12.3. The number of nitrogens with zero attached hydrogens (tertiary/aromatic N) is 4. The van der Waals surface area contributed by atoms with Crippen molar-refractivity contribution < 1.29 is 9.53 Å². The van der Waals surface area contributed by atoms with Gasteiger partial charge in [-0.2, -0.15) is 5.10 Å². The van der Waals surface area contributed by atoms with E-state index in [1.807, 2.05) is 55.5 Å². The minimum Gasteiger partial charge on any atom is -0.494 e. The van der Waals surface area contributed by atoms with Gasteiger partial charge in [0.1, 0.15) is 17.6 Å². The molecule has 36 heavy (non-hydrogen) atoms. The van der Waals surface area contributed by atoms with Crippen LogP contribution >= 0.6 is 0 Å². The summed E-state index contributed by atoms with van der Waals surface area (Å²) >= 11 is 0. The van der Waals surface area contributed by atoms with Gasteiger partial charge in [0.2, 0.25) is 5.91 Å². The van der Waals surface area contributed by atoms with E-state index in [9.17, 15) is 9.59 Å². The Morgan fingerprint density at radius 2 is 1.86 bits per heavy atom. The number of rotatable bonds is 7. The van der Waals surface area contributed by atoms with Gasteiger partial charge in [-0.05, 0) is 63.1 Å². The minimum atomic E-state index is -0.816. The molecular weight excluding hydrogens is 454 g/mol. The highest BCUT2D eigenvalue weighted by Gasteiger charge is 2.21. The Morgan fingerprint density at radius 1 is 1.06 bits per heavy atom. The molecule has 1 aliphatic heterocycles. The molecule has 0 bridgehead atoms. The number of hydrogen-bond acceptors (Lipinski definition) is 5. The highest BCUT2D eigenvalue weighted by Crippen LogP contribution is 2.29. The van der Waals surface area contributed by atoms with Crippen molar-refractivity contribution in [3.05, 3.63) is 83.0 Å². The van der Waals surface area contributed by atoms with Crippen molar-refractivity contribution in [3.8, 4) is 28.3 Å². The predicted molar refractivity (Wildman–Crippen MR) is 139 cm³/mol. The first-order valence-corrected chi connectivity index (χ1v) is 12.3. The zero-order valence-corrected chi connectivity index (χ0v) is 20.5. The van der Waals surface area contributed by atoms with Gasteiger partial charge in [0.25, 0.3) is 5.56 Å². The summed E-state index contributed by atoms with van der Waals surface area (Å²) in [6.45, 7) is 5.15. The van der Waals surface area contributed by atoms with Crippen LogP contribution < -0.4 is 15.6 Å². The van der Waals surface area contributed by atoms with Gasteiger partial charge in [-0.15, -0.1) is 0 Å². The van der Waals surface area contributed by atoms with E-state index in [1.54, 1.807) is 13.0 Å². The molecule has 2 aromatic carbocycles. The Morgan fingerprint density at radius 3 is 2.64 bits per heavy atom. The summed E-state index contributed by atoms with van der Waals surface area (Å²) < 4.78 is 8.91. The third-order valence-electron chi connectivity index (χ3n) is 6.40. The molecule has 5 rings (SSSR count). The van der Waals surface area contributed by atoms with Gasteiger partial charge >= 0.3 is 0 Å². The zero-order valence-electron chi connectivity index (χ0n) is 20.5. The van der Waals surface area contributed by atoms with E-state index in [4.69, 9.17) is 9.72 Å². The highest BCUT2D eigenvalue weighted by atomic mass is 16.5. The van der Waals surface area contributed by atoms with E-state index in [0.29, 0.717) is 18.0 Å². The number of para-hydroxylation sites is 1. The van der Waals surface area contributed by atoms with Crippen LogP contribution in [0.5, 0.6) is 5.75 Å². The Balaban J connectivity index is 1.39. The van der Waals surface area contributed by atoms with Crippen molar-refractivity contribution in [3.63, 3.8) is 0 Å². The van der Waals surface area contributed by atoms with Crippen LogP contribution in [0.4, 0.5) is 5.69 Å². The highest BCUT2D eigenvalue weighted by molar-refractivity contribution is 5.97. The molecule has 0 saturated carbocycles. The number of aryl methyl sites for hydroxylation is 2. The lowest BCUT2D eigenvalue weighted by molar-refractivity contribution is -0.119. The largest absolute Gasteiger partial charge is 0.494 e.